The Morgan fingerprint density at radius 1 is 0.864 bits per heavy atom. The van der Waals surface area contributed by atoms with Gasteiger partial charge in [-0.05, 0) is 38.0 Å². The first-order valence-corrected chi connectivity index (χ1v) is 9.10. The van der Waals surface area contributed by atoms with E-state index in [1.165, 1.54) is 12.8 Å². The van der Waals surface area contributed by atoms with Gasteiger partial charge >= 0.3 is 5.97 Å². The van der Waals surface area contributed by atoms with Gasteiger partial charge in [0.15, 0.2) is 0 Å². The first-order chi connectivity index (χ1) is 10.6. The van der Waals surface area contributed by atoms with Crippen LogP contribution in [0.3, 0.4) is 0 Å². The average molecular weight is 316 g/mol. The third kappa shape index (κ3) is 14.3. The van der Waals surface area contributed by atoms with Gasteiger partial charge in [-0.3, -0.25) is 4.79 Å². The Bertz CT molecular complexity index is 255. The molecular formula is C18H36O4. The van der Waals surface area contributed by atoms with Crippen molar-refractivity contribution in [3.63, 3.8) is 0 Å². The Morgan fingerprint density at radius 3 is 2.09 bits per heavy atom. The van der Waals surface area contributed by atoms with Crippen LogP contribution in [0, 0.1) is 5.92 Å². The maximum atomic E-state index is 10.4. The molecule has 0 spiro atoms. The Balaban J connectivity index is 3.51. The van der Waals surface area contributed by atoms with Crippen molar-refractivity contribution in [2.24, 2.45) is 5.92 Å². The number of rotatable bonds is 16. The Morgan fingerprint density at radius 2 is 1.45 bits per heavy atom. The molecule has 0 aliphatic carbocycles. The van der Waals surface area contributed by atoms with E-state index in [4.69, 9.17) is 5.11 Å². The van der Waals surface area contributed by atoms with Crippen LogP contribution in [0.5, 0.6) is 0 Å². The number of carboxylic acids is 1. The summed E-state index contributed by atoms with van der Waals surface area (Å²) in [6.07, 6.45) is 12.1. The number of hydrogen-bond donors (Lipinski definition) is 3. The van der Waals surface area contributed by atoms with E-state index in [0.717, 1.165) is 64.2 Å². The van der Waals surface area contributed by atoms with Gasteiger partial charge in [0.2, 0.25) is 0 Å². The highest BCUT2D eigenvalue weighted by Gasteiger charge is 2.09. The summed E-state index contributed by atoms with van der Waals surface area (Å²) in [5.41, 5.74) is 0. The predicted molar refractivity (Wildman–Crippen MR) is 89.9 cm³/mol. The van der Waals surface area contributed by atoms with Crippen LogP contribution in [0.4, 0.5) is 0 Å². The van der Waals surface area contributed by atoms with Gasteiger partial charge in [-0.15, -0.1) is 0 Å². The summed E-state index contributed by atoms with van der Waals surface area (Å²) in [5, 5.41) is 27.8. The van der Waals surface area contributed by atoms with Gasteiger partial charge in [-0.1, -0.05) is 51.9 Å². The molecular weight excluding hydrogens is 280 g/mol. The third-order valence-electron chi connectivity index (χ3n) is 4.30. The fourth-order valence-electron chi connectivity index (χ4n) is 2.81. The molecule has 132 valence electrons. The summed E-state index contributed by atoms with van der Waals surface area (Å²) in [6, 6.07) is 0. The van der Waals surface area contributed by atoms with E-state index in [1.807, 2.05) is 0 Å². The lowest BCUT2D eigenvalue weighted by Crippen LogP contribution is -2.10. The van der Waals surface area contributed by atoms with Crippen molar-refractivity contribution in [2.75, 3.05) is 6.61 Å². The molecule has 0 heterocycles. The second-order valence-corrected chi connectivity index (χ2v) is 6.48. The molecule has 0 aromatic carbocycles. The van der Waals surface area contributed by atoms with Gasteiger partial charge in [-0.25, -0.2) is 0 Å². The summed E-state index contributed by atoms with van der Waals surface area (Å²) < 4.78 is 0. The van der Waals surface area contributed by atoms with Gasteiger partial charge in [0.1, 0.15) is 0 Å². The van der Waals surface area contributed by atoms with E-state index in [1.54, 1.807) is 0 Å². The lowest BCUT2D eigenvalue weighted by Gasteiger charge is -2.15. The lowest BCUT2D eigenvalue weighted by molar-refractivity contribution is -0.137. The van der Waals surface area contributed by atoms with Crippen LogP contribution in [0.2, 0.25) is 0 Å². The Hall–Kier alpha value is -0.610. The molecule has 2 unspecified atom stereocenters. The number of unbranched alkanes of at least 4 members (excludes halogenated alkanes) is 5. The second kappa shape index (κ2) is 15.3. The molecule has 0 fully saturated rings. The minimum absolute atomic E-state index is 0.179. The molecule has 0 radical (unpaired) electrons. The first-order valence-electron chi connectivity index (χ1n) is 9.10. The number of aliphatic hydroxyl groups excluding tert-OH is 2. The fraction of sp³-hybridized carbons (Fsp3) is 0.944. The maximum absolute atomic E-state index is 10.4. The zero-order valence-electron chi connectivity index (χ0n) is 14.3. The Kier molecular flexibility index (Phi) is 14.9. The monoisotopic (exact) mass is 316 g/mol. The highest BCUT2D eigenvalue weighted by molar-refractivity contribution is 5.66. The zero-order valence-corrected chi connectivity index (χ0v) is 14.3. The van der Waals surface area contributed by atoms with Gasteiger partial charge < -0.3 is 15.3 Å². The summed E-state index contributed by atoms with van der Waals surface area (Å²) in [7, 11) is 0. The van der Waals surface area contributed by atoms with Crippen molar-refractivity contribution in [2.45, 2.75) is 96.5 Å². The molecule has 4 heteroatoms. The zero-order chi connectivity index (χ0) is 16.6. The highest BCUT2D eigenvalue weighted by atomic mass is 16.4. The van der Waals surface area contributed by atoms with E-state index < -0.39 is 5.97 Å². The molecule has 22 heavy (non-hydrogen) atoms. The third-order valence-corrected chi connectivity index (χ3v) is 4.30. The van der Waals surface area contributed by atoms with Crippen molar-refractivity contribution in [3.05, 3.63) is 0 Å². The predicted octanol–water partition coefficient (Wildman–Crippen LogP) is 4.13. The number of aliphatic carboxylic acids is 1. The number of carbonyl (C=O) groups is 1. The molecule has 3 N–H and O–H groups in total. The number of hydrogen-bond acceptors (Lipinski definition) is 3. The minimum atomic E-state index is -0.717. The van der Waals surface area contributed by atoms with Gasteiger partial charge in [0.25, 0.3) is 0 Å². The first kappa shape index (κ1) is 21.4. The second-order valence-electron chi connectivity index (χ2n) is 6.48. The van der Waals surface area contributed by atoms with Gasteiger partial charge in [-0.2, -0.15) is 0 Å². The van der Waals surface area contributed by atoms with Gasteiger partial charge in [0.05, 0.1) is 6.10 Å². The molecule has 0 aromatic heterocycles. The summed E-state index contributed by atoms with van der Waals surface area (Å²) >= 11 is 0. The topological polar surface area (TPSA) is 77.8 Å². The van der Waals surface area contributed by atoms with Crippen LogP contribution < -0.4 is 0 Å². The van der Waals surface area contributed by atoms with E-state index >= 15 is 0 Å². The average Bonchev–Trinajstić information content (AvgIpc) is 2.48. The van der Waals surface area contributed by atoms with Crippen LogP contribution in [-0.2, 0) is 4.79 Å². The summed E-state index contributed by atoms with van der Waals surface area (Å²) in [6.45, 7) is 2.39. The van der Waals surface area contributed by atoms with E-state index in [0.29, 0.717) is 5.92 Å². The summed E-state index contributed by atoms with van der Waals surface area (Å²) in [5.74, 6) is -0.381. The van der Waals surface area contributed by atoms with Crippen LogP contribution in [0.1, 0.15) is 90.4 Å². The van der Waals surface area contributed by atoms with Crippen LogP contribution in [0.15, 0.2) is 0 Å². The van der Waals surface area contributed by atoms with E-state index in [9.17, 15) is 15.0 Å². The molecule has 0 amide bonds. The molecule has 0 saturated carbocycles. The molecule has 0 rings (SSSR count). The van der Waals surface area contributed by atoms with Crippen molar-refractivity contribution >= 4 is 5.97 Å². The lowest BCUT2D eigenvalue weighted by atomic mass is 9.94. The van der Waals surface area contributed by atoms with Crippen LogP contribution in [0.25, 0.3) is 0 Å². The molecule has 0 aromatic rings. The summed E-state index contributed by atoms with van der Waals surface area (Å²) in [4.78, 5) is 10.4. The normalized spacial score (nSPS) is 14.0. The fourth-order valence-corrected chi connectivity index (χ4v) is 2.81. The van der Waals surface area contributed by atoms with Gasteiger partial charge in [0, 0.05) is 13.0 Å². The molecule has 0 aliphatic heterocycles. The van der Waals surface area contributed by atoms with Crippen molar-refractivity contribution in [1.29, 1.82) is 0 Å². The largest absolute Gasteiger partial charge is 0.481 e. The van der Waals surface area contributed by atoms with Crippen molar-refractivity contribution in [3.8, 4) is 0 Å². The van der Waals surface area contributed by atoms with E-state index in [2.05, 4.69) is 6.92 Å². The SMILES string of the molecule is CCCCCC(O)CCCC(CO)CCCCCCC(=O)O. The molecule has 4 nitrogen and oxygen atoms in total. The van der Waals surface area contributed by atoms with E-state index in [-0.39, 0.29) is 19.1 Å². The minimum Gasteiger partial charge on any atom is -0.481 e. The number of aliphatic hydroxyl groups is 2. The van der Waals surface area contributed by atoms with Crippen LogP contribution in [-0.4, -0.2) is 34.0 Å². The number of carboxylic acid groups (broad SMARTS) is 1. The van der Waals surface area contributed by atoms with Crippen molar-refractivity contribution < 1.29 is 20.1 Å². The smallest absolute Gasteiger partial charge is 0.303 e. The molecule has 2 atom stereocenters. The molecule has 0 aliphatic rings. The highest BCUT2D eigenvalue weighted by Crippen LogP contribution is 2.19. The molecule has 0 bridgehead atoms. The molecule has 0 saturated heterocycles. The standard InChI is InChI=1S/C18H36O4/c1-2-3-6-12-17(20)13-9-11-16(15-19)10-7-4-5-8-14-18(21)22/h16-17,19-20H,2-15H2,1H3,(H,21,22). The van der Waals surface area contributed by atoms with Crippen LogP contribution >= 0.6 is 0 Å². The Labute approximate surface area is 135 Å². The quantitative estimate of drug-likeness (QED) is 0.374. The maximum Gasteiger partial charge on any atom is 0.303 e. The van der Waals surface area contributed by atoms with Crippen molar-refractivity contribution in [1.82, 2.24) is 0 Å².